The predicted octanol–water partition coefficient (Wildman–Crippen LogP) is 3.49. The lowest BCUT2D eigenvalue weighted by Gasteiger charge is -2.42. The van der Waals surface area contributed by atoms with Crippen molar-refractivity contribution in [3.8, 4) is 0 Å². The van der Waals surface area contributed by atoms with Crippen molar-refractivity contribution in [3.63, 3.8) is 0 Å². The number of aryl methyl sites for hydroxylation is 1. The minimum atomic E-state index is -0.00898. The second-order valence-corrected chi connectivity index (χ2v) is 6.70. The van der Waals surface area contributed by atoms with Crippen LogP contribution in [0.3, 0.4) is 0 Å². The average Bonchev–Trinajstić information content (AvgIpc) is 3.04. The van der Waals surface area contributed by atoms with Crippen molar-refractivity contribution in [2.75, 3.05) is 6.54 Å². The molecule has 4 nitrogen and oxygen atoms in total. The van der Waals surface area contributed by atoms with E-state index in [9.17, 15) is 4.79 Å². The van der Waals surface area contributed by atoms with E-state index in [0.29, 0.717) is 12.1 Å². The normalized spacial score (nSPS) is 15.9. The summed E-state index contributed by atoms with van der Waals surface area (Å²) in [7, 11) is 0. The second-order valence-electron chi connectivity index (χ2n) is 6.70. The van der Waals surface area contributed by atoms with Crippen molar-refractivity contribution in [1.29, 1.82) is 0 Å². The van der Waals surface area contributed by atoms with Crippen LogP contribution in [0.25, 0.3) is 5.52 Å². The molecule has 1 N–H and O–H groups in total. The van der Waals surface area contributed by atoms with E-state index in [-0.39, 0.29) is 11.3 Å². The number of fused-ring (bicyclic) bond motifs is 1. The zero-order valence-electron chi connectivity index (χ0n) is 13.8. The van der Waals surface area contributed by atoms with Crippen molar-refractivity contribution in [1.82, 2.24) is 14.7 Å². The first-order chi connectivity index (χ1) is 11.7. The second kappa shape index (κ2) is 5.78. The number of benzene rings is 1. The quantitative estimate of drug-likeness (QED) is 0.800. The number of hydrogen-bond acceptors (Lipinski definition) is 2. The number of nitrogens with one attached hydrogen (secondary N) is 1. The van der Waals surface area contributed by atoms with E-state index in [1.54, 1.807) is 12.5 Å². The third-order valence-corrected chi connectivity index (χ3v) is 5.37. The molecule has 0 spiro atoms. The van der Waals surface area contributed by atoms with E-state index in [2.05, 4.69) is 34.6 Å². The lowest BCUT2D eigenvalue weighted by Crippen LogP contribution is -2.45. The van der Waals surface area contributed by atoms with Gasteiger partial charge in [-0.3, -0.25) is 4.79 Å². The fraction of sp³-hybridized carbons (Fsp3) is 0.300. The predicted molar refractivity (Wildman–Crippen MR) is 94.2 cm³/mol. The van der Waals surface area contributed by atoms with E-state index >= 15 is 0 Å². The summed E-state index contributed by atoms with van der Waals surface area (Å²) in [4.78, 5) is 16.8. The number of nitrogens with zero attached hydrogens (tertiary/aromatic N) is 2. The Balaban J connectivity index is 1.54. The van der Waals surface area contributed by atoms with Crippen LogP contribution in [0.15, 0.2) is 55.0 Å². The molecule has 24 heavy (non-hydrogen) atoms. The van der Waals surface area contributed by atoms with Crippen LogP contribution in [-0.4, -0.2) is 21.8 Å². The Morgan fingerprint density at radius 2 is 2.00 bits per heavy atom. The molecular weight excluding hydrogens is 298 g/mol. The molecule has 4 rings (SSSR count). The van der Waals surface area contributed by atoms with Crippen molar-refractivity contribution in [3.05, 3.63) is 71.8 Å². The summed E-state index contributed by atoms with van der Waals surface area (Å²) in [5.41, 5.74) is 4.07. The Labute approximate surface area is 141 Å². The highest BCUT2D eigenvalue weighted by atomic mass is 16.1. The van der Waals surface area contributed by atoms with Crippen LogP contribution in [0.2, 0.25) is 0 Å². The molecule has 1 saturated carbocycles. The fourth-order valence-corrected chi connectivity index (χ4v) is 3.68. The van der Waals surface area contributed by atoms with Gasteiger partial charge in [0.15, 0.2) is 0 Å². The van der Waals surface area contributed by atoms with Crippen LogP contribution in [0.1, 0.15) is 40.9 Å². The lowest BCUT2D eigenvalue weighted by molar-refractivity contribution is 0.0926. The summed E-state index contributed by atoms with van der Waals surface area (Å²) < 4.78 is 1.95. The maximum Gasteiger partial charge on any atom is 0.253 e. The van der Waals surface area contributed by atoms with Gasteiger partial charge in [-0.05, 0) is 37.5 Å². The minimum Gasteiger partial charge on any atom is -0.351 e. The van der Waals surface area contributed by atoms with Crippen molar-refractivity contribution >= 4 is 11.4 Å². The van der Waals surface area contributed by atoms with Gasteiger partial charge in [0.2, 0.25) is 0 Å². The van der Waals surface area contributed by atoms with Gasteiger partial charge in [-0.15, -0.1) is 0 Å². The van der Waals surface area contributed by atoms with Crippen LogP contribution < -0.4 is 5.32 Å². The van der Waals surface area contributed by atoms with Gasteiger partial charge in [-0.2, -0.15) is 0 Å². The first-order valence-electron chi connectivity index (χ1n) is 8.45. The molecule has 1 fully saturated rings. The van der Waals surface area contributed by atoms with Gasteiger partial charge in [0.25, 0.3) is 5.91 Å². The lowest BCUT2D eigenvalue weighted by atomic mass is 9.64. The molecule has 0 radical (unpaired) electrons. The Morgan fingerprint density at radius 1 is 1.21 bits per heavy atom. The van der Waals surface area contributed by atoms with E-state index < -0.39 is 0 Å². The fourth-order valence-electron chi connectivity index (χ4n) is 3.68. The zero-order valence-corrected chi connectivity index (χ0v) is 13.8. The van der Waals surface area contributed by atoms with Crippen LogP contribution in [-0.2, 0) is 5.41 Å². The highest BCUT2D eigenvalue weighted by Crippen LogP contribution is 2.43. The molecule has 0 saturated heterocycles. The number of carbonyl (C=O) groups excluding carboxylic acids is 1. The van der Waals surface area contributed by atoms with Gasteiger partial charge in [0, 0.05) is 17.7 Å². The number of aromatic nitrogens is 2. The molecule has 4 heteroatoms. The maximum absolute atomic E-state index is 12.7. The number of hydrogen-bond donors (Lipinski definition) is 1. The van der Waals surface area contributed by atoms with Crippen LogP contribution >= 0.6 is 0 Å². The van der Waals surface area contributed by atoms with Crippen molar-refractivity contribution in [2.24, 2.45) is 0 Å². The molecule has 1 aliphatic rings. The number of carbonyl (C=O) groups is 1. The molecule has 3 aromatic rings. The molecular formula is C20H21N3O. The van der Waals surface area contributed by atoms with Crippen LogP contribution in [0.4, 0.5) is 0 Å². The van der Waals surface area contributed by atoms with Gasteiger partial charge >= 0.3 is 0 Å². The molecule has 122 valence electrons. The first kappa shape index (κ1) is 14.9. The average molecular weight is 319 g/mol. The van der Waals surface area contributed by atoms with E-state index in [1.165, 1.54) is 12.0 Å². The Kier molecular flexibility index (Phi) is 3.60. The summed E-state index contributed by atoms with van der Waals surface area (Å²) in [6.45, 7) is 2.65. The van der Waals surface area contributed by atoms with Gasteiger partial charge in [-0.1, -0.05) is 36.8 Å². The zero-order chi connectivity index (χ0) is 16.6. The summed E-state index contributed by atoms with van der Waals surface area (Å²) in [5, 5.41) is 3.17. The van der Waals surface area contributed by atoms with E-state index in [4.69, 9.17) is 0 Å². The van der Waals surface area contributed by atoms with Crippen LogP contribution in [0.5, 0.6) is 0 Å². The summed E-state index contributed by atoms with van der Waals surface area (Å²) in [6, 6.07) is 14.4. The third kappa shape index (κ3) is 2.39. The summed E-state index contributed by atoms with van der Waals surface area (Å²) in [6.07, 6.45) is 7.05. The summed E-state index contributed by atoms with van der Waals surface area (Å²) >= 11 is 0. The molecule has 0 unspecified atom stereocenters. The largest absolute Gasteiger partial charge is 0.351 e. The monoisotopic (exact) mass is 319 g/mol. The molecule has 1 aromatic carbocycles. The molecule has 1 aliphatic carbocycles. The van der Waals surface area contributed by atoms with E-state index in [0.717, 1.165) is 24.1 Å². The van der Waals surface area contributed by atoms with Crippen LogP contribution in [0, 0.1) is 6.92 Å². The number of amides is 1. The van der Waals surface area contributed by atoms with Gasteiger partial charge in [0.05, 0.1) is 23.6 Å². The number of rotatable bonds is 4. The van der Waals surface area contributed by atoms with Gasteiger partial charge < -0.3 is 9.72 Å². The maximum atomic E-state index is 12.7. The standard InChI is InChI=1S/C20H21N3O/c1-15-18(9-8-17-12-21-14-23(15)17)19(24)22-13-20(10-5-11-20)16-6-3-2-4-7-16/h2-4,6-9,12,14H,5,10-11,13H2,1H3,(H,22,24). The highest BCUT2D eigenvalue weighted by molar-refractivity contribution is 5.95. The molecule has 1 amide bonds. The topological polar surface area (TPSA) is 46.4 Å². The third-order valence-electron chi connectivity index (χ3n) is 5.37. The first-order valence-corrected chi connectivity index (χ1v) is 8.45. The van der Waals surface area contributed by atoms with Crippen molar-refractivity contribution in [2.45, 2.75) is 31.6 Å². The molecule has 0 bridgehead atoms. The van der Waals surface area contributed by atoms with E-state index in [1.807, 2.05) is 29.5 Å². The minimum absolute atomic E-state index is 0.00898. The number of imidazole rings is 1. The van der Waals surface area contributed by atoms with Crippen molar-refractivity contribution < 1.29 is 4.79 Å². The Bertz CT molecular complexity index is 878. The molecule has 0 aliphatic heterocycles. The Morgan fingerprint density at radius 3 is 2.71 bits per heavy atom. The Hall–Kier alpha value is -2.62. The molecule has 0 atom stereocenters. The number of pyridine rings is 1. The highest BCUT2D eigenvalue weighted by Gasteiger charge is 2.38. The summed E-state index contributed by atoms with van der Waals surface area (Å²) in [5.74, 6) is -0.00898. The van der Waals surface area contributed by atoms with Gasteiger partial charge in [-0.25, -0.2) is 4.98 Å². The molecule has 2 heterocycles. The molecule has 2 aromatic heterocycles. The van der Waals surface area contributed by atoms with Gasteiger partial charge in [0.1, 0.15) is 0 Å². The SMILES string of the molecule is Cc1c(C(=O)NCC2(c3ccccc3)CCC2)ccc2cncn12. The smallest absolute Gasteiger partial charge is 0.253 e.